The largest absolute Gasteiger partial charge is 0.416 e. The molecular weight excluding hydrogens is 271 g/mol. The summed E-state index contributed by atoms with van der Waals surface area (Å²) in [4.78, 5) is 11.8. The molecule has 0 bridgehead atoms. The predicted molar refractivity (Wildman–Crippen MR) is 67.0 cm³/mol. The smallest absolute Gasteiger partial charge is 0.368 e. The topological polar surface area (TPSA) is 38.3 Å². The zero-order chi connectivity index (χ0) is 14.8. The first kappa shape index (κ1) is 14.8. The van der Waals surface area contributed by atoms with Gasteiger partial charge in [0, 0.05) is 6.61 Å². The molecule has 1 aromatic carbocycles. The number of rotatable bonds is 3. The lowest BCUT2D eigenvalue weighted by atomic mass is 10.1. The molecule has 1 aliphatic heterocycles. The minimum absolute atomic E-state index is 0.213. The molecule has 1 heterocycles. The first-order valence-corrected chi connectivity index (χ1v) is 6.47. The molecule has 2 atom stereocenters. The molecule has 0 spiro atoms. The Morgan fingerprint density at radius 2 is 2.00 bits per heavy atom. The van der Waals surface area contributed by atoms with Crippen LogP contribution >= 0.6 is 0 Å². The molecule has 20 heavy (non-hydrogen) atoms. The van der Waals surface area contributed by atoms with Crippen LogP contribution in [-0.4, -0.2) is 18.6 Å². The van der Waals surface area contributed by atoms with E-state index in [2.05, 4.69) is 5.32 Å². The van der Waals surface area contributed by atoms with Crippen molar-refractivity contribution in [2.75, 3.05) is 6.61 Å². The molecule has 110 valence electrons. The van der Waals surface area contributed by atoms with Gasteiger partial charge in [-0.2, -0.15) is 13.2 Å². The highest BCUT2D eigenvalue weighted by atomic mass is 19.4. The Labute approximate surface area is 115 Å². The van der Waals surface area contributed by atoms with Crippen LogP contribution in [0.15, 0.2) is 24.3 Å². The SMILES string of the molecule is CC(NC(=O)C1CCCO1)c1ccc(C(F)(F)F)cc1. The molecule has 1 N–H and O–H groups in total. The van der Waals surface area contributed by atoms with Gasteiger partial charge in [-0.3, -0.25) is 4.79 Å². The number of halogens is 3. The van der Waals surface area contributed by atoms with Crippen molar-refractivity contribution in [2.24, 2.45) is 0 Å². The van der Waals surface area contributed by atoms with Gasteiger partial charge in [0.05, 0.1) is 11.6 Å². The molecule has 2 rings (SSSR count). The molecule has 0 saturated carbocycles. The molecule has 6 heteroatoms. The Bertz CT molecular complexity index is 464. The van der Waals surface area contributed by atoms with E-state index in [-0.39, 0.29) is 11.9 Å². The maximum absolute atomic E-state index is 12.4. The highest BCUT2D eigenvalue weighted by Crippen LogP contribution is 2.29. The Morgan fingerprint density at radius 1 is 1.35 bits per heavy atom. The van der Waals surface area contributed by atoms with Gasteiger partial charge in [0.1, 0.15) is 6.10 Å². The van der Waals surface area contributed by atoms with Crippen molar-refractivity contribution in [3.63, 3.8) is 0 Å². The van der Waals surface area contributed by atoms with Gasteiger partial charge < -0.3 is 10.1 Å². The van der Waals surface area contributed by atoms with Crippen LogP contribution in [0.1, 0.15) is 36.9 Å². The highest BCUT2D eigenvalue weighted by Gasteiger charge is 2.30. The van der Waals surface area contributed by atoms with E-state index in [9.17, 15) is 18.0 Å². The Hall–Kier alpha value is -1.56. The van der Waals surface area contributed by atoms with Gasteiger partial charge in [-0.25, -0.2) is 0 Å². The molecule has 1 saturated heterocycles. The summed E-state index contributed by atoms with van der Waals surface area (Å²) < 4.78 is 42.6. The molecule has 1 aliphatic rings. The summed E-state index contributed by atoms with van der Waals surface area (Å²) >= 11 is 0. The van der Waals surface area contributed by atoms with E-state index in [1.165, 1.54) is 12.1 Å². The lowest BCUT2D eigenvalue weighted by Crippen LogP contribution is -2.35. The van der Waals surface area contributed by atoms with Crippen LogP contribution in [0.5, 0.6) is 0 Å². The molecular formula is C14H16F3NO2. The van der Waals surface area contributed by atoms with Gasteiger partial charge in [-0.15, -0.1) is 0 Å². The molecule has 2 unspecified atom stereocenters. The van der Waals surface area contributed by atoms with E-state index >= 15 is 0 Å². The number of benzene rings is 1. The third-order valence-corrected chi connectivity index (χ3v) is 3.32. The van der Waals surface area contributed by atoms with Gasteiger partial charge in [-0.1, -0.05) is 12.1 Å². The molecule has 0 aromatic heterocycles. The maximum atomic E-state index is 12.4. The number of hydrogen-bond donors (Lipinski definition) is 1. The summed E-state index contributed by atoms with van der Waals surface area (Å²) in [7, 11) is 0. The van der Waals surface area contributed by atoms with Crippen LogP contribution in [0.2, 0.25) is 0 Å². The van der Waals surface area contributed by atoms with Crippen LogP contribution in [0.3, 0.4) is 0 Å². The van der Waals surface area contributed by atoms with Gasteiger partial charge in [0.15, 0.2) is 0 Å². The van der Waals surface area contributed by atoms with Crippen molar-refractivity contribution in [1.29, 1.82) is 0 Å². The van der Waals surface area contributed by atoms with E-state index in [1.807, 2.05) is 0 Å². The van der Waals surface area contributed by atoms with Crippen LogP contribution in [0.25, 0.3) is 0 Å². The third kappa shape index (κ3) is 3.50. The summed E-state index contributed by atoms with van der Waals surface area (Å²) in [6, 6.07) is 4.44. The van der Waals surface area contributed by atoms with E-state index in [1.54, 1.807) is 6.92 Å². The van der Waals surface area contributed by atoms with E-state index in [0.29, 0.717) is 18.6 Å². The van der Waals surface area contributed by atoms with E-state index < -0.39 is 17.8 Å². The van der Waals surface area contributed by atoms with Gasteiger partial charge in [-0.05, 0) is 37.5 Å². The summed E-state index contributed by atoms with van der Waals surface area (Å²) in [5.74, 6) is -0.213. The zero-order valence-electron chi connectivity index (χ0n) is 11.0. The fourth-order valence-corrected chi connectivity index (χ4v) is 2.13. The monoisotopic (exact) mass is 287 g/mol. The second-order valence-electron chi connectivity index (χ2n) is 4.85. The number of carbonyl (C=O) groups is 1. The number of carbonyl (C=O) groups excluding carboxylic acids is 1. The van der Waals surface area contributed by atoms with E-state index in [0.717, 1.165) is 18.6 Å². The van der Waals surface area contributed by atoms with Crippen molar-refractivity contribution in [3.05, 3.63) is 35.4 Å². The molecule has 0 aliphatic carbocycles. The Morgan fingerprint density at radius 3 is 2.50 bits per heavy atom. The second-order valence-corrected chi connectivity index (χ2v) is 4.85. The van der Waals surface area contributed by atoms with Gasteiger partial charge in [0.25, 0.3) is 0 Å². The van der Waals surface area contributed by atoms with Crippen molar-refractivity contribution in [2.45, 2.75) is 38.1 Å². The third-order valence-electron chi connectivity index (χ3n) is 3.32. The molecule has 3 nitrogen and oxygen atoms in total. The fraction of sp³-hybridized carbons (Fsp3) is 0.500. The van der Waals surface area contributed by atoms with Crippen molar-refractivity contribution < 1.29 is 22.7 Å². The summed E-state index contributed by atoms with van der Waals surface area (Å²) in [5.41, 5.74) is -0.0664. The van der Waals surface area contributed by atoms with Gasteiger partial charge >= 0.3 is 6.18 Å². The van der Waals surface area contributed by atoms with Crippen LogP contribution in [0.4, 0.5) is 13.2 Å². The minimum atomic E-state index is -4.34. The van der Waals surface area contributed by atoms with Crippen molar-refractivity contribution in [1.82, 2.24) is 5.32 Å². The van der Waals surface area contributed by atoms with Crippen molar-refractivity contribution in [3.8, 4) is 0 Å². The first-order chi connectivity index (χ1) is 9.38. The Balaban J connectivity index is 1.98. The molecule has 1 aromatic rings. The Kier molecular flexibility index (Phi) is 4.32. The van der Waals surface area contributed by atoms with Crippen LogP contribution < -0.4 is 5.32 Å². The summed E-state index contributed by atoms with van der Waals surface area (Å²) in [6.45, 7) is 2.31. The van der Waals surface area contributed by atoms with E-state index in [4.69, 9.17) is 4.74 Å². The molecule has 0 radical (unpaired) electrons. The number of hydrogen-bond acceptors (Lipinski definition) is 2. The second kappa shape index (κ2) is 5.83. The standard InChI is InChI=1S/C14H16F3NO2/c1-9(18-13(19)12-3-2-8-20-12)10-4-6-11(7-5-10)14(15,16)17/h4-7,9,12H,2-3,8H2,1H3,(H,18,19). The van der Waals surface area contributed by atoms with Gasteiger partial charge in [0.2, 0.25) is 5.91 Å². The molecule has 1 fully saturated rings. The van der Waals surface area contributed by atoms with Crippen molar-refractivity contribution >= 4 is 5.91 Å². The summed E-state index contributed by atoms with van der Waals surface area (Å²) in [6.07, 6.45) is -3.24. The van der Waals surface area contributed by atoms with Crippen LogP contribution in [-0.2, 0) is 15.7 Å². The quantitative estimate of drug-likeness (QED) is 0.928. The lowest BCUT2D eigenvalue weighted by molar-refractivity contribution is -0.137. The average Bonchev–Trinajstić information content (AvgIpc) is 2.91. The number of ether oxygens (including phenoxy) is 1. The summed E-state index contributed by atoms with van der Waals surface area (Å²) in [5, 5.41) is 2.75. The minimum Gasteiger partial charge on any atom is -0.368 e. The fourth-order valence-electron chi connectivity index (χ4n) is 2.13. The van der Waals surface area contributed by atoms with Crippen LogP contribution in [0, 0.1) is 0 Å². The number of alkyl halides is 3. The highest BCUT2D eigenvalue weighted by molar-refractivity contribution is 5.81. The maximum Gasteiger partial charge on any atom is 0.416 e. The molecule has 1 amide bonds. The normalized spacial score (nSPS) is 20.7. The lowest BCUT2D eigenvalue weighted by Gasteiger charge is -2.17. The zero-order valence-corrected chi connectivity index (χ0v) is 11.0. The number of amides is 1. The average molecular weight is 287 g/mol. The number of nitrogens with one attached hydrogen (secondary N) is 1. The predicted octanol–water partition coefficient (Wildman–Crippen LogP) is 3.06. The first-order valence-electron chi connectivity index (χ1n) is 6.47.